The SMILES string of the molecule is NC1(CC(=O)N[C@@H](CCCN2CCCCC2)c2ccc(Cl)cc2)CCN(c2ncnc3[nH]ccc23)CC1. The fraction of sp³-hybridized carbons (Fsp3) is 0.536. The molecule has 8 nitrogen and oxygen atoms in total. The molecule has 0 saturated carbocycles. The smallest absolute Gasteiger partial charge is 0.222 e. The van der Waals surface area contributed by atoms with Crippen LogP contribution in [0.5, 0.6) is 0 Å². The van der Waals surface area contributed by atoms with Crippen molar-refractivity contribution in [2.24, 2.45) is 5.73 Å². The number of amides is 1. The van der Waals surface area contributed by atoms with Crippen molar-refractivity contribution in [2.45, 2.75) is 62.9 Å². The summed E-state index contributed by atoms with van der Waals surface area (Å²) >= 11 is 6.13. The number of hydrogen-bond donors (Lipinski definition) is 3. The number of nitrogens with two attached hydrogens (primary N) is 1. The van der Waals surface area contributed by atoms with Crippen LogP contribution in [0.15, 0.2) is 42.9 Å². The van der Waals surface area contributed by atoms with Crippen LogP contribution in [0.25, 0.3) is 11.0 Å². The third kappa shape index (κ3) is 6.61. The average molecular weight is 524 g/mol. The molecule has 2 aliphatic rings. The van der Waals surface area contributed by atoms with Gasteiger partial charge in [-0.1, -0.05) is 30.2 Å². The molecule has 4 N–H and O–H groups in total. The van der Waals surface area contributed by atoms with Gasteiger partial charge in [0.25, 0.3) is 0 Å². The maximum absolute atomic E-state index is 13.3. The van der Waals surface area contributed by atoms with Gasteiger partial charge in [-0.15, -0.1) is 0 Å². The number of piperidine rings is 2. The van der Waals surface area contributed by atoms with Crippen LogP contribution in [0.1, 0.15) is 63.0 Å². The fourth-order valence-corrected chi connectivity index (χ4v) is 5.86. The van der Waals surface area contributed by atoms with E-state index in [0.29, 0.717) is 11.4 Å². The van der Waals surface area contributed by atoms with E-state index in [4.69, 9.17) is 17.3 Å². The molecule has 0 aliphatic carbocycles. The number of carbonyl (C=O) groups excluding carboxylic acids is 1. The van der Waals surface area contributed by atoms with Crippen LogP contribution in [-0.4, -0.2) is 64.0 Å². The van der Waals surface area contributed by atoms with Gasteiger partial charge in [-0.3, -0.25) is 4.79 Å². The van der Waals surface area contributed by atoms with Crippen molar-refractivity contribution in [1.82, 2.24) is 25.2 Å². The molecule has 1 amide bonds. The summed E-state index contributed by atoms with van der Waals surface area (Å²) in [6.07, 6.45) is 11.1. The van der Waals surface area contributed by atoms with Crippen LogP contribution in [0.3, 0.4) is 0 Å². The minimum Gasteiger partial charge on any atom is -0.356 e. The van der Waals surface area contributed by atoms with Gasteiger partial charge in [0, 0.05) is 36.3 Å². The molecular weight excluding hydrogens is 486 g/mol. The van der Waals surface area contributed by atoms with Gasteiger partial charge in [-0.05, 0) is 81.9 Å². The van der Waals surface area contributed by atoms with Crippen LogP contribution in [0.2, 0.25) is 5.02 Å². The molecule has 2 aliphatic heterocycles. The molecule has 0 bridgehead atoms. The largest absolute Gasteiger partial charge is 0.356 e. The van der Waals surface area contributed by atoms with Gasteiger partial charge < -0.3 is 25.8 Å². The van der Waals surface area contributed by atoms with Crippen molar-refractivity contribution < 1.29 is 4.79 Å². The third-order valence-electron chi connectivity index (χ3n) is 7.93. The van der Waals surface area contributed by atoms with E-state index < -0.39 is 5.54 Å². The van der Waals surface area contributed by atoms with E-state index in [1.54, 1.807) is 6.33 Å². The zero-order valence-corrected chi connectivity index (χ0v) is 22.2. The molecule has 0 radical (unpaired) electrons. The zero-order valence-electron chi connectivity index (χ0n) is 21.5. The summed E-state index contributed by atoms with van der Waals surface area (Å²) in [5.74, 6) is 0.943. The number of nitrogens with zero attached hydrogens (tertiary/aromatic N) is 4. The number of likely N-dealkylation sites (tertiary alicyclic amines) is 1. The van der Waals surface area contributed by atoms with Crippen LogP contribution in [0.4, 0.5) is 5.82 Å². The van der Waals surface area contributed by atoms with Crippen molar-refractivity contribution in [2.75, 3.05) is 37.6 Å². The molecule has 1 aromatic carbocycles. The Kier molecular flexibility index (Phi) is 8.27. The first kappa shape index (κ1) is 25.9. The Hall–Kier alpha value is -2.68. The third-order valence-corrected chi connectivity index (χ3v) is 8.18. The monoisotopic (exact) mass is 523 g/mol. The molecule has 2 fully saturated rings. The molecule has 0 unspecified atom stereocenters. The van der Waals surface area contributed by atoms with Gasteiger partial charge in [0.2, 0.25) is 5.91 Å². The number of hydrogen-bond acceptors (Lipinski definition) is 6. The van der Waals surface area contributed by atoms with Crippen LogP contribution < -0.4 is 16.0 Å². The van der Waals surface area contributed by atoms with Crippen LogP contribution in [0, 0.1) is 0 Å². The number of anilines is 1. The van der Waals surface area contributed by atoms with E-state index in [9.17, 15) is 4.79 Å². The summed E-state index contributed by atoms with van der Waals surface area (Å²) in [6, 6.07) is 9.80. The number of H-pyrrole nitrogens is 1. The standard InChI is InChI=1S/C28H38ClN7O/c29-22-8-6-21(7-9-22)24(5-4-16-35-14-2-1-3-15-35)34-25(37)19-28(30)11-17-36(18-12-28)27-23-10-13-31-26(23)32-20-33-27/h6-10,13,20,24H,1-5,11-12,14-19,30H2,(H,34,37)(H,31,32,33)/t24-/m0/s1. The van der Waals surface area contributed by atoms with E-state index in [0.717, 1.165) is 67.7 Å². The highest BCUT2D eigenvalue weighted by atomic mass is 35.5. The van der Waals surface area contributed by atoms with Crippen LogP contribution >= 0.6 is 11.6 Å². The van der Waals surface area contributed by atoms with Gasteiger partial charge in [-0.2, -0.15) is 0 Å². The lowest BCUT2D eigenvalue weighted by Crippen LogP contribution is -2.53. The van der Waals surface area contributed by atoms with E-state index in [2.05, 4.69) is 30.1 Å². The first-order valence-corrected chi connectivity index (χ1v) is 14.0. The molecule has 198 valence electrons. The maximum atomic E-state index is 13.3. The lowest BCUT2D eigenvalue weighted by molar-refractivity contribution is -0.123. The number of aromatic nitrogens is 3. The molecule has 37 heavy (non-hydrogen) atoms. The second-order valence-electron chi connectivity index (χ2n) is 10.7. The van der Waals surface area contributed by atoms with E-state index in [1.165, 1.54) is 32.4 Å². The summed E-state index contributed by atoms with van der Waals surface area (Å²) in [4.78, 5) is 30.0. The van der Waals surface area contributed by atoms with Gasteiger partial charge in [-0.25, -0.2) is 9.97 Å². The van der Waals surface area contributed by atoms with Crippen molar-refractivity contribution >= 4 is 34.4 Å². The van der Waals surface area contributed by atoms with Gasteiger partial charge >= 0.3 is 0 Å². The van der Waals surface area contributed by atoms with Crippen molar-refractivity contribution in [3.05, 3.63) is 53.4 Å². The molecule has 9 heteroatoms. The highest BCUT2D eigenvalue weighted by Gasteiger charge is 2.34. The second-order valence-corrected chi connectivity index (χ2v) is 11.1. The number of carbonyl (C=O) groups is 1. The molecular formula is C28H38ClN7O. The fourth-order valence-electron chi connectivity index (χ4n) is 5.74. The van der Waals surface area contributed by atoms with E-state index in [-0.39, 0.29) is 11.9 Å². The Morgan fingerprint density at radius 1 is 1.08 bits per heavy atom. The summed E-state index contributed by atoms with van der Waals surface area (Å²) < 4.78 is 0. The lowest BCUT2D eigenvalue weighted by Gasteiger charge is -2.39. The number of rotatable bonds is 9. The van der Waals surface area contributed by atoms with Gasteiger partial charge in [0.05, 0.1) is 11.4 Å². The number of halogens is 1. The Morgan fingerprint density at radius 3 is 2.59 bits per heavy atom. The zero-order chi connectivity index (χ0) is 25.7. The Labute approximate surface area is 224 Å². The normalized spacial score (nSPS) is 19.1. The molecule has 2 saturated heterocycles. The van der Waals surface area contributed by atoms with Crippen molar-refractivity contribution in [3.63, 3.8) is 0 Å². The predicted molar refractivity (Wildman–Crippen MR) is 149 cm³/mol. The number of aromatic amines is 1. The Balaban J connectivity index is 1.17. The molecule has 3 aromatic rings. The quantitative estimate of drug-likeness (QED) is 0.383. The molecule has 0 spiro atoms. The van der Waals surface area contributed by atoms with Crippen LogP contribution in [-0.2, 0) is 4.79 Å². The lowest BCUT2D eigenvalue weighted by atomic mass is 9.85. The Morgan fingerprint density at radius 2 is 1.84 bits per heavy atom. The average Bonchev–Trinajstić information content (AvgIpc) is 3.39. The number of fused-ring (bicyclic) bond motifs is 1. The summed E-state index contributed by atoms with van der Waals surface area (Å²) in [7, 11) is 0. The molecule has 2 aromatic heterocycles. The molecule has 5 rings (SSSR count). The highest BCUT2D eigenvalue weighted by Crippen LogP contribution is 2.30. The predicted octanol–water partition coefficient (Wildman–Crippen LogP) is 4.42. The first-order valence-electron chi connectivity index (χ1n) is 13.6. The molecule has 1 atom stereocenters. The summed E-state index contributed by atoms with van der Waals surface area (Å²) in [6.45, 7) is 4.98. The second kappa shape index (κ2) is 11.8. The van der Waals surface area contributed by atoms with Crippen molar-refractivity contribution in [1.29, 1.82) is 0 Å². The molecule has 4 heterocycles. The topological polar surface area (TPSA) is 103 Å². The first-order chi connectivity index (χ1) is 18.0. The summed E-state index contributed by atoms with van der Waals surface area (Å²) in [5.41, 5.74) is 8.18. The van der Waals surface area contributed by atoms with Crippen molar-refractivity contribution in [3.8, 4) is 0 Å². The number of nitrogens with one attached hydrogen (secondary N) is 2. The van der Waals surface area contributed by atoms with Gasteiger partial charge in [0.1, 0.15) is 17.8 Å². The highest BCUT2D eigenvalue weighted by molar-refractivity contribution is 6.30. The number of benzene rings is 1. The minimum atomic E-state index is -0.525. The maximum Gasteiger partial charge on any atom is 0.222 e. The Bertz CT molecular complexity index is 1170. The minimum absolute atomic E-state index is 0.0175. The van der Waals surface area contributed by atoms with Gasteiger partial charge in [0.15, 0.2) is 0 Å². The summed E-state index contributed by atoms with van der Waals surface area (Å²) in [5, 5.41) is 5.03. The van der Waals surface area contributed by atoms with E-state index in [1.807, 2.05) is 36.5 Å². The van der Waals surface area contributed by atoms with E-state index >= 15 is 0 Å².